The molecule has 0 radical (unpaired) electrons. The van der Waals surface area contributed by atoms with Gasteiger partial charge in [0.2, 0.25) is 5.91 Å². The summed E-state index contributed by atoms with van der Waals surface area (Å²) in [7, 11) is 0. The van der Waals surface area contributed by atoms with Gasteiger partial charge in [-0.3, -0.25) is 9.69 Å². The summed E-state index contributed by atoms with van der Waals surface area (Å²) >= 11 is 0. The lowest BCUT2D eigenvalue weighted by Gasteiger charge is -2.31. The molecule has 0 aromatic heterocycles. The molecular formula is C17H28N2O2. The smallest absolute Gasteiger partial charge is 0.224 e. The van der Waals surface area contributed by atoms with Crippen LogP contribution in [-0.2, 0) is 4.79 Å². The number of rotatable bonds is 4. The van der Waals surface area contributed by atoms with Crippen LogP contribution in [0.15, 0.2) is 12.2 Å². The van der Waals surface area contributed by atoms with Crippen molar-refractivity contribution in [2.24, 2.45) is 11.8 Å². The van der Waals surface area contributed by atoms with Gasteiger partial charge >= 0.3 is 0 Å². The summed E-state index contributed by atoms with van der Waals surface area (Å²) in [6.07, 6.45) is 12.6. The van der Waals surface area contributed by atoms with E-state index in [1.807, 2.05) is 12.2 Å². The van der Waals surface area contributed by atoms with Crippen LogP contribution in [0.4, 0.5) is 0 Å². The maximum Gasteiger partial charge on any atom is 0.224 e. The van der Waals surface area contributed by atoms with Gasteiger partial charge in [-0.2, -0.15) is 0 Å². The van der Waals surface area contributed by atoms with Crippen molar-refractivity contribution in [2.75, 3.05) is 19.7 Å². The number of nitrogens with zero attached hydrogens (tertiary/aromatic N) is 1. The van der Waals surface area contributed by atoms with Crippen molar-refractivity contribution >= 4 is 5.91 Å². The highest BCUT2D eigenvalue weighted by Crippen LogP contribution is 2.28. The number of hydrogen-bond donors (Lipinski definition) is 2. The summed E-state index contributed by atoms with van der Waals surface area (Å²) in [6.45, 7) is 2.21. The van der Waals surface area contributed by atoms with E-state index in [0.717, 1.165) is 32.0 Å². The van der Waals surface area contributed by atoms with Crippen molar-refractivity contribution < 1.29 is 9.90 Å². The molecule has 1 saturated carbocycles. The maximum atomic E-state index is 12.4. The third-order valence-electron chi connectivity index (χ3n) is 5.42. The largest absolute Gasteiger partial charge is 0.396 e. The summed E-state index contributed by atoms with van der Waals surface area (Å²) in [6, 6.07) is 0.847. The molecule has 4 heteroatoms. The minimum atomic E-state index is 0.124. The van der Waals surface area contributed by atoms with E-state index < -0.39 is 0 Å². The Balaban J connectivity index is 1.45. The fourth-order valence-corrected chi connectivity index (χ4v) is 4.10. The molecule has 1 heterocycles. The van der Waals surface area contributed by atoms with Crippen molar-refractivity contribution in [1.82, 2.24) is 10.2 Å². The first-order chi connectivity index (χ1) is 10.3. The molecule has 1 saturated heterocycles. The van der Waals surface area contributed by atoms with Gasteiger partial charge in [0.1, 0.15) is 0 Å². The number of nitrogens with one attached hydrogen (secondary N) is 1. The maximum absolute atomic E-state index is 12.4. The molecule has 0 aromatic rings. The van der Waals surface area contributed by atoms with E-state index in [2.05, 4.69) is 10.2 Å². The van der Waals surface area contributed by atoms with Crippen LogP contribution >= 0.6 is 0 Å². The zero-order chi connectivity index (χ0) is 14.7. The van der Waals surface area contributed by atoms with Gasteiger partial charge in [-0.15, -0.1) is 0 Å². The fourth-order valence-electron chi connectivity index (χ4n) is 4.10. The highest BCUT2D eigenvalue weighted by atomic mass is 16.3. The van der Waals surface area contributed by atoms with E-state index in [1.165, 1.54) is 32.1 Å². The Morgan fingerprint density at radius 3 is 2.71 bits per heavy atom. The molecule has 1 aliphatic heterocycles. The average Bonchev–Trinajstić information content (AvgIpc) is 3.17. The molecule has 3 aliphatic rings. The van der Waals surface area contributed by atoms with Crippen LogP contribution in [0.3, 0.4) is 0 Å². The van der Waals surface area contributed by atoms with Gasteiger partial charge in [-0.1, -0.05) is 31.4 Å². The standard InChI is InChI=1S/C17H28N2O2/c20-12-13-6-7-15(10-13)18-17(21)14-8-9-19(11-14)16-4-2-1-3-5-16/h6-7,13-16,20H,1-5,8-12H2,(H,18,21)/t13-,14?,15+/m0/s1. The lowest BCUT2D eigenvalue weighted by Crippen LogP contribution is -2.40. The number of carbonyl (C=O) groups is 1. The number of aliphatic hydroxyl groups is 1. The molecular weight excluding hydrogens is 264 g/mol. The average molecular weight is 292 g/mol. The van der Waals surface area contributed by atoms with Crippen LogP contribution in [0.1, 0.15) is 44.9 Å². The van der Waals surface area contributed by atoms with E-state index in [4.69, 9.17) is 5.11 Å². The second-order valence-corrected chi connectivity index (χ2v) is 6.95. The van der Waals surface area contributed by atoms with Crippen LogP contribution in [0.5, 0.6) is 0 Å². The molecule has 3 rings (SSSR count). The predicted molar refractivity (Wildman–Crippen MR) is 82.8 cm³/mol. The van der Waals surface area contributed by atoms with Crippen LogP contribution in [0.2, 0.25) is 0 Å². The quantitative estimate of drug-likeness (QED) is 0.775. The summed E-state index contributed by atoms with van der Waals surface area (Å²) < 4.78 is 0. The second-order valence-electron chi connectivity index (χ2n) is 6.95. The Kier molecular flexibility index (Phi) is 4.96. The van der Waals surface area contributed by atoms with Crippen molar-refractivity contribution in [1.29, 1.82) is 0 Å². The lowest BCUT2D eigenvalue weighted by atomic mass is 9.94. The van der Waals surface area contributed by atoms with E-state index in [0.29, 0.717) is 0 Å². The van der Waals surface area contributed by atoms with Gasteiger partial charge in [-0.25, -0.2) is 0 Å². The second kappa shape index (κ2) is 6.93. The highest BCUT2D eigenvalue weighted by Gasteiger charge is 2.33. The fraction of sp³-hybridized carbons (Fsp3) is 0.824. The zero-order valence-corrected chi connectivity index (χ0v) is 12.8. The summed E-state index contributed by atoms with van der Waals surface area (Å²) in [5.41, 5.74) is 0. The van der Waals surface area contributed by atoms with Gasteiger partial charge in [0, 0.05) is 31.2 Å². The van der Waals surface area contributed by atoms with E-state index in [1.54, 1.807) is 0 Å². The highest BCUT2D eigenvalue weighted by molar-refractivity contribution is 5.79. The third kappa shape index (κ3) is 3.67. The van der Waals surface area contributed by atoms with E-state index in [-0.39, 0.29) is 30.4 Å². The Bertz CT molecular complexity index is 390. The molecule has 0 aromatic carbocycles. The zero-order valence-electron chi connectivity index (χ0n) is 12.8. The normalized spacial score (nSPS) is 34.4. The van der Waals surface area contributed by atoms with Crippen molar-refractivity contribution in [2.45, 2.75) is 57.0 Å². The van der Waals surface area contributed by atoms with Gasteiger partial charge < -0.3 is 10.4 Å². The molecule has 1 unspecified atom stereocenters. The number of amides is 1. The first kappa shape index (κ1) is 15.0. The number of likely N-dealkylation sites (tertiary alicyclic amines) is 1. The van der Waals surface area contributed by atoms with Crippen molar-refractivity contribution in [3.8, 4) is 0 Å². The molecule has 2 fully saturated rings. The third-order valence-corrected chi connectivity index (χ3v) is 5.42. The molecule has 0 spiro atoms. The van der Waals surface area contributed by atoms with Crippen LogP contribution in [0, 0.1) is 11.8 Å². The molecule has 2 aliphatic carbocycles. The molecule has 4 nitrogen and oxygen atoms in total. The number of carbonyl (C=O) groups excluding carboxylic acids is 1. The Morgan fingerprint density at radius 2 is 2.00 bits per heavy atom. The Morgan fingerprint density at radius 1 is 1.19 bits per heavy atom. The number of hydrogen-bond acceptors (Lipinski definition) is 3. The first-order valence-corrected chi connectivity index (χ1v) is 8.60. The molecule has 0 bridgehead atoms. The Labute approximate surface area is 127 Å². The minimum Gasteiger partial charge on any atom is -0.396 e. The van der Waals surface area contributed by atoms with Crippen molar-refractivity contribution in [3.05, 3.63) is 12.2 Å². The summed E-state index contributed by atoms with van der Waals surface area (Å²) in [5, 5.41) is 12.3. The molecule has 21 heavy (non-hydrogen) atoms. The Hall–Kier alpha value is -0.870. The minimum absolute atomic E-state index is 0.124. The molecule has 118 valence electrons. The van der Waals surface area contributed by atoms with Gasteiger partial charge in [-0.05, 0) is 32.2 Å². The lowest BCUT2D eigenvalue weighted by molar-refractivity contribution is -0.125. The first-order valence-electron chi connectivity index (χ1n) is 8.60. The van der Waals surface area contributed by atoms with Gasteiger partial charge in [0.05, 0.1) is 5.92 Å². The predicted octanol–water partition coefficient (Wildman–Crippen LogP) is 1.69. The summed E-state index contributed by atoms with van der Waals surface area (Å²) in [4.78, 5) is 14.9. The summed E-state index contributed by atoms with van der Waals surface area (Å²) in [5.74, 6) is 0.590. The number of aliphatic hydroxyl groups excluding tert-OH is 1. The van der Waals surface area contributed by atoms with Gasteiger partial charge in [0.15, 0.2) is 0 Å². The molecule has 2 N–H and O–H groups in total. The van der Waals surface area contributed by atoms with Crippen LogP contribution in [-0.4, -0.2) is 47.7 Å². The topological polar surface area (TPSA) is 52.6 Å². The van der Waals surface area contributed by atoms with E-state index in [9.17, 15) is 4.79 Å². The molecule has 1 amide bonds. The van der Waals surface area contributed by atoms with E-state index >= 15 is 0 Å². The SMILES string of the molecule is O=C(N[C@@H]1C=C[C@H](CO)C1)C1CCN(C2CCCCC2)C1. The van der Waals surface area contributed by atoms with Crippen LogP contribution < -0.4 is 5.32 Å². The monoisotopic (exact) mass is 292 g/mol. The van der Waals surface area contributed by atoms with Crippen molar-refractivity contribution in [3.63, 3.8) is 0 Å². The van der Waals surface area contributed by atoms with Crippen LogP contribution in [0.25, 0.3) is 0 Å². The van der Waals surface area contributed by atoms with Gasteiger partial charge in [0.25, 0.3) is 0 Å². The molecule has 3 atom stereocenters.